The number of nitrogens with zero attached hydrogens (tertiary/aromatic N) is 1. The molecule has 1 heterocycles. The normalized spacial score (nSPS) is 18.8. The van der Waals surface area contributed by atoms with E-state index in [0.717, 1.165) is 15.4 Å². The number of sulfonamides is 1. The Morgan fingerprint density at radius 1 is 1.08 bits per heavy atom. The van der Waals surface area contributed by atoms with Gasteiger partial charge in [0, 0.05) is 11.3 Å². The molecule has 0 spiro atoms. The monoisotopic (exact) mass is 372 g/mol. The van der Waals surface area contributed by atoms with Crippen molar-refractivity contribution in [2.45, 2.75) is 20.8 Å². The minimum absolute atomic E-state index is 0.194. The Morgan fingerprint density at radius 3 is 2.27 bits per heavy atom. The summed E-state index contributed by atoms with van der Waals surface area (Å²) in [7, 11) is -3.65. The van der Waals surface area contributed by atoms with Gasteiger partial charge in [-0.1, -0.05) is 13.0 Å². The van der Waals surface area contributed by atoms with Crippen LogP contribution < -0.4 is 9.62 Å². The van der Waals surface area contributed by atoms with E-state index in [1.807, 2.05) is 32.0 Å². The fourth-order valence-electron chi connectivity index (χ4n) is 2.86. The van der Waals surface area contributed by atoms with Crippen LogP contribution in [-0.4, -0.2) is 26.0 Å². The summed E-state index contributed by atoms with van der Waals surface area (Å²) in [4.78, 5) is 24.5. The first-order valence-electron chi connectivity index (χ1n) is 8.24. The maximum absolute atomic E-state index is 12.4. The summed E-state index contributed by atoms with van der Waals surface area (Å²) in [5.41, 5.74) is 3.53. The number of amides is 2. The van der Waals surface area contributed by atoms with Crippen LogP contribution in [0, 0.1) is 19.8 Å². The summed E-state index contributed by atoms with van der Waals surface area (Å²) >= 11 is 0. The van der Waals surface area contributed by atoms with Gasteiger partial charge in [0.05, 0.1) is 17.4 Å². The summed E-state index contributed by atoms with van der Waals surface area (Å²) in [6, 6.07) is 11.6. The fraction of sp³-hybridized carbons (Fsp3) is 0.263. The van der Waals surface area contributed by atoms with Crippen LogP contribution in [0.15, 0.2) is 42.5 Å². The van der Waals surface area contributed by atoms with Gasteiger partial charge in [-0.05, 0) is 61.4 Å². The highest BCUT2D eigenvalue weighted by molar-refractivity contribution is 7.94. The second-order valence-electron chi connectivity index (χ2n) is 6.58. The zero-order valence-electron chi connectivity index (χ0n) is 14.8. The molecule has 1 aliphatic rings. The number of anilines is 2. The zero-order chi connectivity index (χ0) is 19.1. The van der Waals surface area contributed by atoms with Crippen molar-refractivity contribution in [2.75, 3.05) is 15.4 Å². The van der Waals surface area contributed by atoms with Gasteiger partial charge in [-0.25, -0.2) is 12.7 Å². The number of aryl methyl sites for hydroxylation is 2. The molecule has 6 nitrogen and oxygen atoms in total. The molecule has 1 aliphatic heterocycles. The third kappa shape index (κ3) is 3.35. The molecule has 1 fully saturated rings. The third-order valence-corrected chi connectivity index (χ3v) is 6.36. The van der Waals surface area contributed by atoms with E-state index >= 15 is 0 Å². The van der Waals surface area contributed by atoms with Crippen molar-refractivity contribution in [1.82, 2.24) is 0 Å². The van der Waals surface area contributed by atoms with Crippen LogP contribution in [0.1, 0.15) is 28.4 Å². The van der Waals surface area contributed by atoms with Crippen molar-refractivity contribution < 1.29 is 18.0 Å². The molecule has 0 aliphatic carbocycles. The molecule has 3 rings (SSSR count). The van der Waals surface area contributed by atoms with E-state index in [0.29, 0.717) is 11.3 Å². The highest BCUT2D eigenvalue weighted by atomic mass is 32.2. The second kappa shape index (κ2) is 6.57. The molecule has 2 aromatic rings. The topological polar surface area (TPSA) is 83.6 Å². The quantitative estimate of drug-likeness (QED) is 0.898. The lowest BCUT2D eigenvalue weighted by Gasteiger charge is -2.15. The Hall–Kier alpha value is -2.67. The van der Waals surface area contributed by atoms with Crippen LogP contribution in [0.4, 0.5) is 11.4 Å². The van der Waals surface area contributed by atoms with Crippen LogP contribution in [0.2, 0.25) is 0 Å². The molecule has 1 N–H and O–H groups in total. The van der Waals surface area contributed by atoms with E-state index in [1.54, 1.807) is 6.92 Å². The van der Waals surface area contributed by atoms with Gasteiger partial charge in [0.1, 0.15) is 0 Å². The number of nitrogens with one attached hydrogen (secondary N) is 1. The first-order chi connectivity index (χ1) is 12.2. The molecule has 0 saturated carbocycles. The SMILES string of the molecule is Cc1ccc(NC(=O)c2ccc(N3C(=O)[C@@H](C)CS3(=O)=O)cc2)cc1C. The first kappa shape index (κ1) is 18.1. The molecule has 136 valence electrons. The summed E-state index contributed by atoms with van der Waals surface area (Å²) in [5, 5.41) is 2.81. The van der Waals surface area contributed by atoms with E-state index < -0.39 is 21.8 Å². The highest BCUT2D eigenvalue weighted by Gasteiger charge is 2.41. The molecule has 26 heavy (non-hydrogen) atoms. The molecule has 1 saturated heterocycles. The van der Waals surface area contributed by atoms with Gasteiger partial charge in [0.15, 0.2) is 0 Å². The Bertz CT molecular complexity index is 981. The summed E-state index contributed by atoms with van der Waals surface area (Å²) < 4.78 is 25.1. The van der Waals surface area contributed by atoms with Gasteiger partial charge in [0.2, 0.25) is 15.9 Å². The van der Waals surface area contributed by atoms with Crippen molar-refractivity contribution in [1.29, 1.82) is 0 Å². The number of hydrogen-bond donors (Lipinski definition) is 1. The number of carbonyl (C=O) groups excluding carboxylic acids is 2. The van der Waals surface area contributed by atoms with Gasteiger partial charge in [-0.15, -0.1) is 0 Å². The number of rotatable bonds is 3. The van der Waals surface area contributed by atoms with Crippen LogP contribution in [-0.2, 0) is 14.8 Å². The summed E-state index contributed by atoms with van der Waals surface area (Å²) in [6.07, 6.45) is 0. The van der Waals surface area contributed by atoms with Gasteiger partial charge < -0.3 is 5.32 Å². The Kier molecular flexibility index (Phi) is 4.58. The van der Waals surface area contributed by atoms with Crippen LogP contribution in [0.5, 0.6) is 0 Å². The van der Waals surface area contributed by atoms with E-state index in [4.69, 9.17) is 0 Å². The molecule has 1 atom stereocenters. The van der Waals surface area contributed by atoms with Gasteiger partial charge in [-0.2, -0.15) is 0 Å². The average Bonchev–Trinajstić information content (AvgIpc) is 2.78. The van der Waals surface area contributed by atoms with Gasteiger partial charge in [-0.3, -0.25) is 9.59 Å². The number of carbonyl (C=O) groups is 2. The standard InChI is InChI=1S/C19H20N2O4S/c1-12-4-7-16(10-13(12)2)20-18(22)15-5-8-17(9-6-15)21-19(23)14(3)11-26(21,24)25/h4-10,14H,11H2,1-3H3,(H,20,22)/t14-/m0/s1. The highest BCUT2D eigenvalue weighted by Crippen LogP contribution is 2.28. The number of hydrogen-bond acceptors (Lipinski definition) is 4. The molecule has 0 aromatic heterocycles. The Morgan fingerprint density at radius 2 is 1.73 bits per heavy atom. The molecular formula is C19H20N2O4S. The smallest absolute Gasteiger partial charge is 0.255 e. The van der Waals surface area contributed by atoms with E-state index in [-0.39, 0.29) is 17.3 Å². The van der Waals surface area contributed by atoms with Crippen molar-refractivity contribution in [3.63, 3.8) is 0 Å². The lowest BCUT2D eigenvalue weighted by Crippen LogP contribution is -2.30. The van der Waals surface area contributed by atoms with E-state index in [9.17, 15) is 18.0 Å². The minimum Gasteiger partial charge on any atom is -0.322 e. The summed E-state index contributed by atoms with van der Waals surface area (Å²) in [5.74, 6) is -1.50. The van der Waals surface area contributed by atoms with Gasteiger partial charge >= 0.3 is 0 Å². The summed E-state index contributed by atoms with van der Waals surface area (Å²) in [6.45, 7) is 5.55. The maximum Gasteiger partial charge on any atom is 0.255 e. The predicted octanol–water partition coefficient (Wildman–Crippen LogP) is 2.87. The zero-order valence-corrected chi connectivity index (χ0v) is 15.6. The minimum atomic E-state index is -3.65. The van der Waals surface area contributed by atoms with Crippen molar-refractivity contribution >= 4 is 33.2 Å². The van der Waals surface area contributed by atoms with Crippen molar-refractivity contribution in [2.24, 2.45) is 5.92 Å². The first-order valence-corrected chi connectivity index (χ1v) is 9.85. The van der Waals surface area contributed by atoms with Gasteiger partial charge in [0.25, 0.3) is 5.91 Å². The second-order valence-corrected chi connectivity index (χ2v) is 8.44. The molecule has 0 bridgehead atoms. The molecule has 0 radical (unpaired) electrons. The van der Waals surface area contributed by atoms with Crippen LogP contribution in [0.25, 0.3) is 0 Å². The average molecular weight is 372 g/mol. The molecule has 2 amide bonds. The maximum atomic E-state index is 12.4. The fourth-order valence-corrected chi connectivity index (χ4v) is 4.68. The third-order valence-electron chi connectivity index (χ3n) is 4.49. The molecule has 2 aromatic carbocycles. The van der Waals surface area contributed by atoms with E-state index in [1.165, 1.54) is 24.3 Å². The van der Waals surface area contributed by atoms with Crippen LogP contribution in [0.3, 0.4) is 0 Å². The van der Waals surface area contributed by atoms with Crippen molar-refractivity contribution in [3.05, 3.63) is 59.2 Å². The lowest BCUT2D eigenvalue weighted by molar-refractivity contribution is -0.119. The molecule has 7 heteroatoms. The Labute approximate surface area is 152 Å². The largest absolute Gasteiger partial charge is 0.322 e. The molecule has 0 unspecified atom stereocenters. The lowest BCUT2D eigenvalue weighted by atomic mass is 10.1. The van der Waals surface area contributed by atoms with E-state index in [2.05, 4.69) is 5.32 Å². The Balaban J connectivity index is 1.80. The predicted molar refractivity (Wildman–Crippen MR) is 101 cm³/mol. The van der Waals surface area contributed by atoms with Crippen molar-refractivity contribution in [3.8, 4) is 0 Å². The van der Waals surface area contributed by atoms with Crippen LogP contribution >= 0.6 is 0 Å². The number of benzene rings is 2. The molecular weight excluding hydrogens is 352 g/mol.